The third kappa shape index (κ3) is 2.84. The Morgan fingerprint density at radius 3 is 2.82 bits per heavy atom. The molecule has 0 spiro atoms. The normalized spacial score (nSPS) is 11.0. The fourth-order valence-electron chi connectivity index (χ4n) is 1.49. The number of aryl methyl sites for hydroxylation is 1. The van der Waals surface area contributed by atoms with Crippen molar-refractivity contribution in [1.29, 1.82) is 0 Å². The van der Waals surface area contributed by atoms with Crippen molar-refractivity contribution in [2.75, 3.05) is 0 Å². The van der Waals surface area contributed by atoms with E-state index in [1.807, 2.05) is 28.7 Å². The minimum atomic E-state index is 0.498. The molecule has 2 aromatic heterocycles. The Bertz CT molecular complexity index is 491. The molecule has 2 heterocycles. The zero-order valence-electron chi connectivity index (χ0n) is 9.93. The van der Waals surface area contributed by atoms with Gasteiger partial charge < -0.3 is 4.57 Å². The minimum absolute atomic E-state index is 0.498. The minimum Gasteiger partial charge on any atom is -0.325 e. The fraction of sp³-hybridized carbons (Fsp3) is 0.455. The molecule has 0 unspecified atom stereocenters. The summed E-state index contributed by atoms with van der Waals surface area (Å²) >= 11 is 7.50. The Kier molecular flexibility index (Phi) is 4.12. The lowest BCUT2D eigenvalue weighted by Crippen LogP contribution is -1.95. The Morgan fingerprint density at radius 2 is 2.24 bits per heavy atom. The predicted molar refractivity (Wildman–Crippen MR) is 70.2 cm³/mol. The molecule has 17 heavy (non-hydrogen) atoms. The molecule has 0 saturated carbocycles. The van der Waals surface area contributed by atoms with Gasteiger partial charge in [0, 0.05) is 31.1 Å². The largest absolute Gasteiger partial charge is 0.325 e. The van der Waals surface area contributed by atoms with E-state index in [2.05, 4.69) is 23.2 Å². The molecular weight excluding hydrogens is 256 g/mol. The summed E-state index contributed by atoms with van der Waals surface area (Å²) in [6.45, 7) is 2.99. The van der Waals surface area contributed by atoms with Crippen LogP contribution in [0.2, 0.25) is 0 Å². The van der Waals surface area contributed by atoms with E-state index in [0.717, 1.165) is 23.1 Å². The van der Waals surface area contributed by atoms with Gasteiger partial charge in [-0.2, -0.15) is 5.10 Å². The Hall–Kier alpha value is -0.940. The molecule has 2 aromatic rings. The SMILES string of the molecule is CCn1cc(CSc2ncc(CCl)n2C)cn1. The highest BCUT2D eigenvalue weighted by Crippen LogP contribution is 2.22. The number of nitrogens with zero attached hydrogens (tertiary/aromatic N) is 4. The van der Waals surface area contributed by atoms with Crippen molar-refractivity contribution < 1.29 is 0 Å². The van der Waals surface area contributed by atoms with E-state index in [1.54, 1.807) is 11.8 Å². The average Bonchev–Trinajstić information content (AvgIpc) is 2.93. The molecule has 92 valence electrons. The van der Waals surface area contributed by atoms with Crippen molar-refractivity contribution in [3.05, 3.63) is 29.8 Å². The number of hydrogen-bond acceptors (Lipinski definition) is 3. The van der Waals surface area contributed by atoms with E-state index < -0.39 is 0 Å². The number of alkyl halides is 1. The van der Waals surface area contributed by atoms with Crippen LogP contribution in [0.4, 0.5) is 0 Å². The Labute approximate surface area is 110 Å². The van der Waals surface area contributed by atoms with Gasteiger partial charge in [0.1, 0.15) is 0 Å². The molecule has 0 amide bonds. The fourth-order valence-corrected chi connectivity index (χ4v) is 2.62. The molecule has 0 aliphatic rings. The summed E-state index contributed by atoms with van der Waals surface area (Å²) in [6, 6.07) is 0. The van der Waals surface area contributed by atoms with E-state index in [1.165, 1.54) is 5.56 Å². The van der Waals surface area contributed by atoms with Gasteiger partial charge in [-0.25, -0.2) is 4.98 Å². The number of halogens is 1. The van der Waals surface area contributed by atoms with Gasteiger partial charge >= 0.3 is 0 Å². The standard InChI is InChI=1S/C11H15ClN4S/c1-3-16-7-9(5-14-16)8-17-11-13-6-10(4-12)15(11)2/h5-7H,3-4,8H2,1-2H3. The Morgan fingerprint density at radius 1 is 1.41 bits per heavy atom. The molecule has 0 aliphatic carbocycles. The van der Waals surface area contributed by atoms with Gasteiger partial charge in [0.05, 0.1) is 24.0 Å². The number of rotatable bonds is 5. The second-order valence-electron chi connectivity index (χ2n) is 3.72. The molecule has 6 heteroatoms. The topological polar surface area (TPSA) is 35.6 Å². The molecule has 0 radical (unpaired) electrons. The summed E-state index contributed by atoms with van der Waals surface area (Å²) in [5, 5.41) is 5.24. The molecular formula is C11H15ClN4S. The molecule has 0 saturated heterocycles. The zero-order chi connectivity index (χ0) is 12.3. The predicted octanol–water partition coefficient (Wildman–Crippen LogP) is 2.67. The van der Waals surface area contributed by atoms with Gasteiger partial charge in [-0.05, 0) is 6.92 Å². The Balaban J connectivity index is 1.99. The van der Waals surface area contributed by atoms with Crippen LogP contribution < -0.4 is 0 Å². The summed E-state index contributed by atoms with van der Waals surface area (Å²) in [5.74, 6) is 1.38. The first kappa shape index (κ1) is 12.5. The van der Waals surface area contributed by atoms with Crippen LogP contribution in [0.15, 0.2) is 23.7 Å². The van der Waals surface area contributed by atoms with Crippen LogP contribution in [0, 0.1) is 0 Å². The van der Waals surface area contributed by atoms with Gasteiger partial charge in [0.15, 0.2) is 5.16 Å². The van der Waals surface area contributed by atoms with Gasteiger partial charge in [-0.1, -0.05) is 11.8 Å². The molecule has 0 aromatic carbocycles. The lowest BCUT2D eigenvalue weighted by Gasteiger charge is -2.02. The smallest absolute Gasteiger partial charge is 0.168 e. The summed E-state index contributed by atoms with van der Waals surface area (Å²) in [6.07, 6.45) is 5.80. The van der Waals surface area contributed by atoms with Crippen LogP contribution in [0.25, 0.3) is 0 Å². The van der Waals surface area contributed by atoms with Gasteiger partial charge in [0.2, 0.25) is 0 Å². The molecule has 2 rings (SSSR count). The van der Waals surface area contributed by atoms with Crippen LogP contribution in [0.3, 0.4) is 0 Å². The first-order chi connectivity index (χ1) is 8.24. The van der Waals surface area contributed by atoms with E-state index >= 15 is 0 Å². The van der Waals surface area contributed by atoms with Crippen molar-refractivity contribution in [2.24, 2.45) is 7.05 Å². The number of hydrogen-bond donors (Lipinski definition) is 0. The number of imidazole rings is 1. The monoisotopic (exact) mass is 270 g/mol. The molecule has 0 aliphatic heterocycles. The van der Waals surface area contributed by atoms with Crippen molar-refractivity contribution in [1.82, 2.24) is 19.3 Å². The lowest BCUT2D eigenvalue weighted by molar-refractivity contribution is 0.659. The lowest BCUT2D eigenvalue weighted by atomic mass is 10.4. The zero-order valence-corrected chi connectivity index (χ0v) is 11.5. The highest BCUT2D eigenvalue weighted by molar-refractivity contribution is 7.98. The molecule has 0 N–H and O–H groups in total. The maximum atomic E-state index is 5.80. The highest BCUT2D eigenvalue weighted by atomic mass is 35.5. The van der Waals surface area contributed by atoms with E-state index in [-0.39, 0.29) is 0 Å². The van der Waals surface area contributed by atoms with E-state index in [0.29, 0.717) is 5.88 Å². The number of aromatic nitrogens is 4. The third-order valence-electron chi connectivity index (χ3n) is 2.56. The molecule has 4 nitrogen and oxygen atoms in total. The van der Waals surface area contributed by atoms with Crippen LogP contribution in [0.1, 0.15) is 18.2 Å². The van der Waals surface area contributed by atoms with Crippen LogP contribution >= 0.6 is 23.4 Å². The van der Waals surface area contributed by atoms with Crippen molar-refractivity contribution >= 4 is 23.4 Å². The highest BCUT2D eigenvalue weighted by Gasteiger charge is 2.07. The van der Waals surface area contributed by atoms with Crippen LogP contribution in [0.5, 0.6) is 0 Å². The second kappa shape index (κ2) is 5.60. The van der Waals surface area contributed by atoms with Crippen LogP contribution in [-0.2, 0) is 25.2 Å². The molecule has 0 atom stereocenters. The first-order valence-electron chi connectivity index (χ1n) is 5.45. The quantitative estimate of drug-likeness (QED) is 0.619. The summed E-state index contributed by atoms with van der Waals surface area (Å²) in [5.41, 5.74) is 2.26. The summed E-state index contributed by atoms with van der Waals surface area (Å²) in [7, 11) is 1.99. The average molecular weight is 271 g/mol. The van der Waals surface area contributed by atoms with Crippen LogP contribution in [-0.4, -0.2) is 19.3 Å². The van der Waals surface area contributed by atoms with Crippen molar-refractivity contribution in [3.63, 3.8) is 0 Å². The first-order valence-corrected chi connectivity index (χ1v) is 6.97. The maximum absolute atomic E-state index is 5.80. The molecule has 0 fully saturated rings. The maximum Gasteiger partial charge on any atom is 0.168 e. The van der Waals surface area contributed by atoms with Crippen molar-refractivity contribution in [2.45, 2.75) is 30.3 Å². The van der Waals surface area contributed by atoms with E-state index in [9.17, 15) is 0 Å². The van der Waals surface area contributed by atoms with Gasteiger partial charge in [0.25, 0.3) is 0 Å². The second-order valence-corrected chi connectivity index (χ2v) is 4.93. The summed E-state index contributed by atoms with van der Waals surface area (Å²) < 4.78 is 3.96. The third-order valence-corrected chi connectivity index (χ3v) is 3.95. The van der Waals surface area contributed by atoms with Gasteiger partial charge in [-0.15, -0.1) is 11.6 Å². The number of thioether (sulfide) groups is 1. The van der Waals surface area contributed by atoms with Crippen molar-refractivity contribution in [3.8, 4) is 0 Å². The molecule has 0 bridgehead atoms. The van der Waals surface area contributed by atoms with Gasteiger partial charge in [-0.3, -0.25) is 4.68 Å². The van der Waals surface area contributed by atoms with E-state index in [4.69, 9.17) is 11.6 Å². The summed E-state index contributed by atoms with van der Waals surface area (Å²) in [4.78, 5) is 4.34.